The summed E-state index contributed by atoms with van der Waals surface area (Å²) < 4.78 is 0. The molecular formula is C12H19N3O3. The van der Waals surface area contributed by atoms with Crippen LogP contribution in [0.4, 0.5) is 4.79 Å². The van der Waals surface area contributed by atoms with E-state index in [1.165, 1.54) is 4.90 Å². The van der Waals surface area contributed by atoms with Crippen LogP contribution in [0.2, 0.25) is 0 Å². The van der Waals surface area contributed by atoms with Gasteiger partial charge in [-0.05, 0) is 46.3 Å². The average molecular weight is 253 g/mol. The SMILES string of the molecule is CN(C)CCCCN1C(=O)NC(=O)C2(CC2)C1=O. The summed E-state index contributed by atoms with van der Waals surface area (Å²) in [5.41, 5.74) is -0.907. The molecule has 6 nitrogen and oxygen atoms in total. The lowest BCUT2D eigenvalue weighted by Crippen LogP contribution is -2.59. The van der Waals surface area contributed by atoms with Crippen LogP contribution >= 0.6 is 0 Å². The molecule has 100 valence electrons. The van der Waals surface area contributed by atoms with E-state index in [9.17, 15) is 14.4 Å². The topological polar surface area (TPSA) is 69.7 Å². The second kappa shape index (κ2) is 4.68. The predicted octanol–water partition coefficient (Wildman–Crippen LogP) is 0.187. The Labute approximate surface area is 106 Å². The minimum Gasteiger partial charge on any atom is -0.309 e. The van der Waals surface area contributed by atoms with E-state index in [1.54, 1.807) is 0 Å². The fourth-order valence-corrected chi connectivity index (χ4v) is 2.20. The van der Waals surface area contributed by atoms with Gasteiger partial charge in [0.1, 0.15) is 5.41 Å². The molecule has 0 unspecified atom stereocenters. The molecule has 4 amide bonds. The second-order valence-electron chi connectivity index (χ2n) is 5.31. The first kappa shape index (κ1) is 13.0. The number of nitrogens with one attached hydrogen (secondary N) is 1. The Morgan fingerprint density at radius 1 is 1.22 bits per heavy atom. The van der Waals surface area contributed by atoms with Crippen molar-refractivity contribution in [3.63, 3.8) is 0 Å². The molecule has 0 aromatic heterocycles. The summed E-state index contributed by atoms with van der Waals surface area (Å²) in [6.45, 7) is 1.32. The molecule has 1 heterocycles. The smallest absolute Gasteiger partial charge is 0.309 e. The molecule has 1 saturated heterocycles. The zero-order chi connectivity index (χ0) is 13.3. The van der Waals surface area contributed by atoms with Gasteiger partial charge < -0.3 is 4.90 Å². The van der Waals surface area contributed by atoms with E-state index in [0.717, 1.165) is 19.4 Å². The van der Waals surface area contributed by atoms with Crippen molar-refractivity contribution in [2.45, 2.75) is 25.7 Å². The average Bonchev–Trinajstić information content (AvgIpc) is 3.07. The van der Waals surface area contributed by atoms with Crippen LogP contribution in [0.3, 0.4) is 0 Å². The number of barbiturate groups is 1. The molecule has 2 fully saturated rings. The molecule has 0 radical (unpaired) electrons. The Hall–Kier alpha value is -1.43. The van der Waals surface area contributed by atoms with Crippen LogP contribution in [0.25, 0.3) is 0 Å². The third-order valence-corrected chi connectivity index (χ3v) is 3.54. The Morgan fingerprint density at radius 3 is 2.44 bits per heavy atom. The number of rotatable bonds is 5. The molecule has 0 atom stereocenters. The first-order valence-electron chi connectivity index (χ1n) is 6.29. The summed E-state index contributed by atoms with van der Waals surface area (Å²) in [6.07, 6.45) is 2.82. The van der Waals surface area contributed by atoms with Crippen molar-refractivity contribution < 1.29 is 14.4 Å². The van der Waals surface area contributed by atoms with Crippen LogP contribution in [0.5, 0.6) is 0 Å². The molecule has 6 heteroatoms. The minimum atomic E-state index is -0.907. The molecule has 2 rings (SSSR count). The van der Waals surface area contributed by atoms with Gasteiger partial charge in [-0.15, -0.1) is 0 Å². The molecule has 1 N–H and O–H groups in total. The maximum absolute atomic E-state index is 12.1. The van der Waals surface area contributed by atoms with Gasteiger partial charge in [-0.25, -0.2) is 4.79 Å². The highest BCUT2D eigenvalue weighted by atomic mass is 16.2. The zero-order valence-electron chi connectivity index (χ0n) is 10.9. The Kier molecular flexibility index (Phi) is 3.38. The highest BCUT2D eigenvalue weighted by Gasteiger charge is 2.61. The van der Waals surface area contributed by atoms with E-state index >= 15 is 0 Å². The molecule has 2 aliphatic rings. The van der Waals surface area contributed by atoms with Crippen LogP contribution in [0.1, 0.15) is 25.7 Å². The lowest BCUT2D eigenvalue weighted by Gasteiger charge is -2.30. The molecule has 1 aliphatic heterocycles. The highest BCUT2D eigenvalue weighted by molar-refractivity contribution is 6.20. The second-order valence-corrected chi connectivity index (χ2v) is 5.31. The van der Waals surface area contributed by atoms with Crippen molar-refractivity contribution in [2.24, 2.45) is 5.41 Å². The standard InChI is InChI=1S/C12H19N3O3/c1-14(2)7-3-4-8-15-10(17)12(5-6-12)9(16)13-11(15)18/h3-8H2,1-2H3,(H,13,16,18). The largest absolute Gasteiger partial charge is 0.330 e. The van der Waals surface area contributed by atoms with Crippen LogP contribution in [-0.4, -0.2) is 54.8 Å². The maximum atomic E-state index is 12.1. The van der Waals surface area contributed by atoms with Gasteiger partial charge in [-0.2, -0.15) is 0 Å². The van der Waals surface area contributed by atoms with E-state index in [0.29, 0.717) is 19.4 Å². The van der Waals surface area contributed by atoms with Crippen molar-refractivity contribution in [3.05, 3.63) is 0 Å². The Morgan fingerprint density at radius 2 is 1.89 bits per heavy atom. The summed E-state index contributed by atoms with van der Waals surface area (Å²) in [6, 6.07) is -0.563. The minimum absolute atomic E-state index is 0.305. The first-order valence-corrected chi connectivity index (χ1v) is 6.29. The van der Waals surface area contributed by atoms with Crippen LogP contribution in [0, 0.1) is 5.41 Å². The van der Waals surface area contributed by atoms with E-state index < -0.39 is 17.4 Å². The zero-order valence-corrected chi connectivity index (χ0v) is 10.9. The molecule has 0 aromatic carbocycles. The van der Waals surface area contributed by atoms with Gasteiger partial charge in [0.25, 0.3) is 0 Å². The summed E-state index contributed by atoms with van der Waals surface area (Å²) in [4.78, 5) is 38.5. The van der Waals surface area contributed by atoms with Crippen LogP contribution < -0.4 is 5.32 Å². The third kappa shape index (κ3) is 2.25. The first-order chi connectivity index (χ1) is 8.47. The number of imide groups is 2. The maximum Gasteiger partial charge on any atom is 0.330 e. The number of urea groups is 1. The number of hydrogen-bond donors (Lipinski definition) is 1. The number of nitrogens with zero attached hydrogens (tertiary/aromatic N) is 2. The number of hydrogen-bond acceptors (Lipinski definition) is 4. The lowest BCUT2D eigenvalue weighted by molar-refractivity contribution is -0.144. The summed E-state index contributed by atoms with van der Waals surface area (Å²) >= 11 is 0. The van der Waals surface area contributed by atoms with E-state index in [1.807, 2.05) is 14.1 Å². The Balaban J connectivity index is 1.89. The van der Waals surface area contributed by atoms with Crippen molar-refractivity contribution >= 4 is 17.8 Å². The van der Waals surface area contributed by atoms with Crippen LogP contribution in [0.15, 0.2) is 0 Å². The number of amides is 4. The van der Waals surface area contributed by atoms with Crippen LogP contribution in [-0.2, 0) is 9.59 Å². The number of carbonyl (C=O) groups excluding carboxylic acids is 3. The van der Waals surface area contributed by atoms with Gasteiger partial charge in [-0.1, -0.05) is 0 Å². The van der Waals surface area contributed by atoms with Gasteiger partial charge in [-0.3, -0.25) is 19.8 Å². The molecule has 1 saturated carbocycles. The Bertz CT molecular complexity index is 388. The summed E-state index contributed by atoms with van der Waals surface area (Å²) in [7, 11) is 3.97. The molecule has 0 bridgehead atoms. The lowest BCUT2D eigenvalue weighted by atomic mass is 10.0. The summed E-state index contributed by atoms with van der Waals surface area (Å²) in [5.74, 6) is -0.719. The summed E-state index contributed by atoms with van der Waals surface area (Å²) in [5, 5.41) is 2.28. The number of unbranched alkanes of at least 4 members (excludes halogenated alkanes) is 1. The van der Waals surface area contributed by atoms with Crippen molar-refractivity contribution in [1.29, 1.82) is 0 Å². The molecule has 18 heavy (non-hydrogen) atoms. The van der Waals surface area contributed by atoms with E-state index in [4.69, 9.17) is 0 Å². The third-order valence-electron chi connectivity index (χ3n) is 3.54. The fraction of sp³-hybridized carbons (Fsp3) is 0.750. The van der Waals surface area contributed by atoms with Gasteiger partial charge >= 0.3 is 6.03 Å². The number of carbonyl (C=O) groups is 3. The van der Waals surface area contributed by atoms with Gasteiger partial charge in [0.15, 0.2) is 0 Å². The van der Waals surface area contributed by atoms with Gasteiger partial charge in [0.05, 0.1) is 0 Å². The normalized spacial score (nSPS) is 21.7. The van der Waals surface area contributed by atoms with Gasteiger partial charge in [0, 0.05) is 6.54 Å². The molecule has 1 spiro atoms. The van der Waals surface area contributed by atoms with Gasteiger partial charge in [0.2, 0.25) is 11.8 Å². The monoisotopic (exact) mass is 253 g/mol. The van der Waals surface area contributed by atoms with Crippen molar-refractivity contribution in [3.8, 4) is 0 Å². The van der Waals surface area contributed by atoms with Crippen molar-refractivity contribution in [2.75, 3.05) is 27.2 Å². The molecule has 0 aromatic rings. The quantitative estimate of drug-likeness (QED) is 0.561. The van der Waals surface area contributed by atoms with E-state index in [2.05, 4.69) is 10.2 Å². The molecule has 1 aliphatic carbocycles. The van der Waals surface area contributed by atoms with Crippen molar-refractivity contribution in [1.82, 2.24) is 15.1 Å². The molecular weight excluding hydrogens is 234 g/mol. The predicted molar refractivity (Wildman–Crippen MR) is 64.7 cm³/mol. The van der Waals surface area contributed by atoms with E-state index in [-0.39, 0.29) is 5.91 Å². The highest BCUT2D eigenvalue weighted by Crippen LogP contribution is 2.48. The fourth-order valence-electron chi connectivity index (χ4n) is 2.20.